The molecular formula is C26H34N2O5S. The van der Waals surface area contributed by atoms with E-state index in [4.69, 9.17) is 9.47 Å². The second kappa shape index (κ2) is 9.32. The maximum Gasteiger partial charge on any atom is 0.246 e. The monoisotopic (exact) mass is 486 g/mol. The number of carbonyl (C=O) groups excluding carboxylic acids is 1. The number of carbonyl (C=O) groups is 1. The molecule has 8 heteroatoms. The third-order valence-electron chi connectivity index (χ3n) is 6.58. The largest absolute Gasteiger partial charge is 0.492 e. The van der Waals surface area contributed by atoms with Gasteiger partial charge in [0.2, 0.25) is 15.9 Å². The third kappa shape index (κ3) is 4.85. The molecule has 1 N–H and O–H groups in total. The second-order valence-corrected chi connectivity index (χ2v) is 11.9. The molecule has 184 valence electrons. The molecule has 1 aliphatic heterocycles. The van der Waals surface area contributed by atoms with Crippen LogP contribution in [0.5, 0.6) is 5.75 Å². The molecule has 2 aromatic rings. The van der Waals surface area contributed by atoms with Gasteiger partial charge in [-0.15, -0.1) is 0 Å². The standard InChI is InChI=1S/C26H34N2O5S/c1-5-33-22-11-10-21(18-23(22)34(30,31)28-14-16-32-17-15-28)27-24(29)26(12-13-26)20-8-6-19(7-9-20)25(2,3)4/h6-11,18H,5,12-17H2,1-4H3,(H,27,29). The van der Waals surface area contributed by atoms with Crippen LogP contribution in [-0.2, 0) is 30.4 Å². The Morgan fingerprint density at radius 3 is 2.29 bits per heavy atom. The summed E-state index contributed by atoms with van der Waals surface area (Å²) < 4.78 is 39.0. The summed E-state index contributed by atoms with van der Waals surface area (Å²) in [6.45, 7) is 9.93. The molecule has 2 aromatic carbocycles. The van der Waals surface area contributed by atoms with Crippen molar-refractivity contribution in [2.45, 2.75) is 56.3 Å². The number of hydrogen-bond acceptors (Lipinski definition) is 5. The first-order valence-corrected chi connectivity index (χ1v) is 13.3. The molecule has 0 atom stereocenters. The van der Waals surface area contributed by atoms with Crippen LogP contribution in [0.25, 0.3) is 0 Å². The Labute approximate surface area is 202 Å². The smallest absolute Gasteiger partial charge is 0.246 e. The number of sulfonamides is 1. The lowest BCUT2D eigenvalue weighted by Crippen LogP contribution is -2.40. The number of rotatable bonds is 7. The first kappa shape index (κ1) is 24.7. The summed E-state index contributed by atoms with van der Waals surface area (Å²) in [5.74, 6) is 0.167. The van der Waals surface area contributed by atoms with Gasteiger partial charge >= 0.3 is 0 Å². The van der Waals surface area contributed by atoms with Crippen molar-refractivity contribution in [1.82, 2.24) is 4.31 Å². The van der Waals surface area contributed by atoms with Crippen molar-refractivity contribution in [3.05, 3.63) is 53.6 Å². The number of ether oxygens (including phenoxy) is 2. The Hall–Kier alpha value is -2.42. The summed E-state index contributed by atoms with van der Waals surface area (Å²) in [6.07, 6.45) is 1.54. The highest BCUT2D eigenvalue weighted by molar-refractivity contribution is 7.89. The molecule has 0 unspecified atom stereocenters. The lowest BCUT2D eigenvalue weighted by Gasteiger charge is -2.27. The summed E-state index contributed by atoms with van der Waals surface area (Å²) in [5.41, 5.74) is 2.13. The minimum atomic E-state index is -3.79. The zero-order chi connectivity index (χ0) is 24.6. The van der Waals surface area contributed by atoms with Gasteiger partial charge in [-0.05, 0) is 54.5 Å². The lowest BCUT2D eigenvalue weighted by atomic mass is 9.85. The van der Waals surface area contributed by atoms with E-state index in [1.165, 1.54) is 15.9 Å². The second-order valence-electron chi connectivity index (χ2n) is 9.97. The van der Waals surface area contributed by atoms with Crippen LogP contribution in [0.3, 0.4) is 0 Å². The molecule has 1 heterocycles. The van der Waals surface area contributed by atoms with Gasteiger partial charge in [-0.1, -0.05) is 45.0 Å². The summed E-state index contributed by atoms with van der Waals surface area (Å²) in [6, 6.07) is 13.1. The summed E-state index contributed by atoms with van der Waals surface area (Å²) >= 11 is 0. The maximum absolute atomic E-state index is 13.3. The van der Waals surface area contributed by atoms with Gasteiger partial charge in [0.25, 0.3) is 0 Å². The van der Waals surface area contributed by atoms with Crippen LogP contribution >= 0.6 is 0 Å². The van der Waals surface area contributed by atoms with E-state index in [1.807, 2.05) is 19.1 Å². The fraction of sp³-hybridized carbons (Fsp3) is 0.500. The van der Waals surface area contributed by atoms with Crippen molar-refractivity contribution in [2.75, 3.05) is 38.2 Å². The van der Waals surface area contributed by atoms with E-state index in [0.717, 1.165) is 18.4 Å². The van der Waals surface area contributed by atoms with E-state index in [9.17, 15) is 13.2 Å². The van der Waals surface area contributed by atoms with E-state index >= 15 is 0 Å². The van der Waals surface area contributed by atoms with E-state index in [2.05, 4.69) is 38.2 Å². The Kier molecular flexibility index (Phi) is 6.77. The average molecular weight is 487 g/mol. The number of benzene rings is 2. The molecular weight excluding hydrogens is 452 g/mol. The highest BCUT2D eigenvalue weighted by atomic mass is 32.2. The fourth-order valence-corrected chi connectivity index (χ4v) is 5.87. The predicted octanol–water partition coefficient (Wildman–Crippen LogP) is 4.07. The van der Waals surface area contributed by atoms with Crippen LogP contribution in [0, 0.1) is 0 Å². The Balaban J connectivity index is 1.59. The van der Waals surface area contributed by atoms with Gasteiger partial charge in [0.05, 0.1) is 25.2 Å². The highest BCUT2D eigenvalue weighted by Crippen LogP contribution is 2.49. The minimum absolute atomic E-state index is 0.0438. The first-order chi connectivity index (χ1) is 16.1. The van der Waals surface area contributed by atoms with E-state index in [-0.39, 0.29) is 35.1 Å². The third-order valence-corrected chi connectivity index (χ3v) is 8.50. The number of morpholine rings is 1. The molecule has 1 aliphatic carbocycles. The van der Waals surface area contributed by atoms with Gasteiger partial charge in [0.1, 0.15) is 10.6 Å². The average Bonchev–Trinajstić information content (AvgIpc) is 3.62. The summed E-state index contributed by atoms with van der Waals surface area (Å²) in [5, 5.41) is 2.97. The fourth-order valence-electron chi connectivity index (χ4n) is 4.30. The zero-order valence-electron chi connectivity index (χ0n) is 20.4. The molecule has 1 amide bonds. The Bertz CT molecular complexity index is 1140. The number of hydrogen-bond donors (Lipinski definition) is 1. The molecule has 1 saturated heterocycles. The van der Waals surface area contributed by atoms with Gasteiger partial charge in [-0.25, -0.2) is 8.42 Å². The Morgan fingerprint density at radius 1 is 1.09 bits per heavy atom. The van der Waals surface area contributed by atoms with Gasteiger partial charge < -0.3 is 14.8 Å². The number of nitrogens with zero attached hydrogens (tertiary/aromatic N) is 1. The van der Waals surface area contributed by atoms with Crippen LogP contribution in [0.1, 0.15) is 51.7 Å². The topological polar surface area (TPSA) is 84.9 Å². The van der Waals surface area contributed by atoms with Gasteiger partial charge in [0, 0.05) is 18.8 Å². The van der Waals surface area contributed by atoms with Crippen LogP contribution in [-0.4, -0.2) is 51.5 Å². The van der Waals surface area contributed by atoms with Gasteiger partial charge in [-0.3, -0.25) is 4.79 Å². The molecule has 2 fully saturated rings. The van der Waals surface area contributed by atoms with E-state index in [0.29, 0.717) is 25.5 Å². The molecule has 2 aliphatic rings. The highest BCUT2D eigenvalue weighted by Gasteiger charge is 2.51. The van der Waals surface area contributed by atoms with Gasteiger partial charge in [-0.2, -0.15) is 4.31 Å². The van der Waals surface area contributed by atoms with Gasteiger partial charge in [0.15, 0.2) is 0 Å². The Morgan fingerprint density at radius 2 is 1.74 bits per heavy atom. The number of nitrogens with one attached hydrogen (secondary N) is 1. The minimum Gasteiger partial charge on any atom is -0.492 e. The lowest BCUT2D eigenvalue weighted by molar-refractivity contribution is -0.118. The van der Waals surface area contributed by atoms with Crippen LogP contribution in [0.15, 0.2) is 47.4 Å². The maximum atomic E-state index is 13.3. The normalized spacial score (nSPS) is 18.4. The molecule has 34 heavy (non-hydrogen) atoms. The van der Waals surface area contributed by atoms with Crippen LogP contribution in [0.2, 0.25) is 0 Å². The van der Waals surface area contributed by atoms with Crippen molar-refractivity contribution in [3.8, 4) is 5.75 Å². The molecule has 0 bridgehead atoms. The first-order valence-electron chi connectivity index (χ1n) is 11.9. The molecule has 4 rings (SSSR count). The van der Waals surface area contributed by atoms with E-state index < -0.39 is 15.4 Å². The van der Waals surface area contributed by atoms with Crippen molar-refractivity contribution in [1.29, 1.82) is 0 Å². The molecule has 0 radical (unpaired) electrons. The molecule has 7 nitrogen and oxygen atoms in total. The predicted molar refractivity (Wildman–Crippen MR) is 132 cm³/mol. The summed E-state index contributed by atoms with van der Waals surface area (Å²) in [7, 11) is -3.79. The summed E-state index contributed by atoms with van der Waals surface area (Å²) in [4.78, 5) is 13.4. The van der Waals surface area contributed by atoms with Crippen LogP contribution < -0.4 is 10.1 Å². The quantitative estimate of drug-likeness (QED) is 0.638. The van der Waals surface area contributed by atoms with Crippen molar-refractivity contribution in [2.24, 2.45) is 0 Å². The SMILES string of the molecule is CCOc1ccc(NC(=O)C2(c3ccc(C(C)(C)C)cc3)CC2)cc1S(=O)(=O)N1CCOCC1. The van der Waals surface area contributed by atoms with Crippen molar-refractivity contribution >= 4 is 21.6 Å². The molecule has 1 saturated carbocycles. The van der Waals surface area contributed by atoms with Crippen LogP contribution in [0.4, 0.5) is 5.69 Å². The van der Waals surface area contributed by atoms with E-state index in [1.54, 1.807) is 12.1 Å². The van der Waals surface area contributed by atoms with Crippen molar-refractivity contribution < 1.29 is 22.7 Å². The number of amides is 1. The molecule has 0 spiro atoms. The molecule has 0 aromatic heterocycles. The number of anilines is 1. The zero-order valence-corrected chi connectivity index (χ0v) is 21.2. The van der Waals surface area contributed by atoms with Crippen molar-refractivity contribution in [3.63, 3.8) is 0 Å².